The van der Waals surface area contributed by atoms with Crippen molar-refractivity contribution >= 4 is 0 Å². The molecule has 0 saturated heterocycles. The first-order valence-electron chi connectivity index (χ1n) is 7.10. The summed E-state index contributed by atoms with van der Waals surface area (Å²) < 4.78 is 0. The van der Waals surface area contributed by atoms with Crippen molar-refractivity contribution in [3.8, 4) is 0 Å². The molecule has 0 aromatic heterocycles. The third kappa shape index (κ3) is 2.98. The van der Waals surface area contributed by atoms with Gasteiger partial charge in [0.2, 0.25) is 0 Å². The van der Waals surface area contributed by atoms with Crippen molar-refractivity contribution in [2.75, 3.05) is 13.2 Å². The van der Waals surface area contributed by atoms with E-state index in [1.165, 1.54) is 44.9 Å². The summed E-state index contributed by atoms with van der Waals surface area (Å²) in [6.07, 6.45) is 10.6. The van der Waals surface area contributed by atoms with Crippen molar-refractivity contribution in [1.82, 2.24) is 5.32 Å². The van der Waals surface area contributed by atoms with Crippen LogP contribution in [0.15, 0.2) is 0 Å². The molecule has 2 aliphatic carbocycles. The van der Waals surface area contributed by atoms with Crippen LogP contribution in [-0.4, -0.2) is 23.8 Å². The lowest BCUT2D eigenvalue weighted by molar-refractivity contribution is 0.0957. The van der Waals surface area contributed by atoms with Crippen LogP contribution >= 0.6 is 0 Å². The number of aliphatic hydroxyl groups excluding tert-OH is 1. The Kier molecular flexibility index (Phi) is 4.26. The second-order valence-electron chi connectivity index (χ2n) is 6.17. The van der Waals surface area contributed by atoms with Crippen LogP contribution < -0.4 is 5.32 Å². The number of aliphatic hydroxyl groups is 1. The Hall–Kier alpha value is -0.0800. The molecule has 0 amide bonds. The molecular formula is C14H27NO. The molecule has 16 heavy (non-hydrogen) atoms. The van der Waals surface area contributed by atoms with Crippen molar-refractivity contribution in [2.24, 2.45) is 11.8 Å². The van der Waals surface area contributed by atoms with E-state index in [2.05, 4.69) is 12.2 Å². The Morgan fingerprint density at radius 2 is 1.94 bits per heavy atom. The van der Waals surface area contributed by atoms with Crippen molar-refractivity contribution in [3.05, 3.63) is 0 Å². The minimum Gasteiger partial charge on any atom is -0.394 e. The SMILES string of the molecule is CC1CCCC(CO)(NCC2CCCC2)C1. The predicted molar refractivity (Wildman–Crippen MR) is 67.4 cm³/mol. The highest BCUT2D eigenvalue weighted by molar-refractivity contribution is 4.93. The average molecular weight is 225 g/mol. The zero-order valence-corrected chi connectivity index (χ0v) is 10.7. The lowest BCUT2D eigenvalue weighted by atomic mass is 9.76. The smallest absolute Gasteiger partial charge is 0.0613 e. The van der Waals surface area contributed by atoms with Crippen LogP contribution in [0.4, 0.5) is 0 Å². The molecule has 0 radical (unpaired) electrons. The monoisotopic (exact) mass is 225 g/mol. The van der Waals surface area contributed by atoms with Gasteiger partial charge in [-0.15, -0.1) is 0 Å². The van der Waals surface area contributed by atoms with E-state index in [-0.39, 0.29) is 5.54 Å². The van der Waals surface area contributed by atoms with E-state index in [4.69, 9.17) is 0 Å². The van der Waals surface area contributed by atoms with E-state index >= 15 is 0 Å². The molecule has 2 nitrogen and oxygen atoms in total. The van der Waals surface area contributed by atoms with Gasteiger partial charge in [-0.05, 0) is 44.1 Å². The topological polar surface area (TPSA) is 32.3 Å². The van der Waals surface area contributed by atoms with Crippen LogP contribution in [0, 0.1) is 11.8 Å². The van der Waals surface area contributed by atoms with Gasteiger partial charge in [-0.25, -0.2) is 0 Å². The molecule has 0 heterocycles. The van der Waals surface area contributed by atoms with Crippen LogP contribution in [0.2, 0.25) is 0 Å². The summed E-state index contributed by atoms with van der Waals surface area (Å²) in [5.41, 5.74) is 0.0558. The zero-order chi connectivity index (χ0) is 11.4. The first kappa shape index (κ1) is 12.4. The largest absolute Gasteiger partial charge is 0.394 e. The first-order chi connectivity index (χ1) is 7.74. The molecule has 2 rings (SSSR count). The number of hydrogen-bond acceptors (Lipinski definition) is 2. The van der Waals surface area contributed by atoms with Gasteiger partial charge in [-0.3, -0.25) is 0 Å². The second kappa shape index (κ2) is 5.50. The van der Waals surface area contributed by atoms with E-state index in [0.29, 0.717) is 6.61 Å². The maximum Gasteiger partial charge on any atom is 0.0613 e. The summed E-state index contributed by atoms with van der Waals surface area (Å²) in [6, 6.07) is 0. The van der Waals surface area contributed by atoms with Crippen molar-refractivity contribution in [3.63, 3.8) is 0 Å². The van der Waals surface area contributed by atoms with E-state index < -0.39 is 0 Å². The van der Waals surface area contributed by atoms with Gasteiger partial charge < -0.3 is 10.4 Å². The molecule has 0 aromatic rings. The molecule has 0 aliphatic heterocycles. The lowest BCUT2D eigenvalue weighted by Crippen LogP contribution is -2.52. The van der Waals surface area contributed by atoms with E-state index in [1.807, 2.05) is 0 Å². The number of hydrogen-bond donors (Lipinski definition) is 2. The standard InChI is InChI=1S/C14H27NO/c1-12-5-4-8-14(9-12,11-16)15-10-13-6-2-3-7-13/h12-13,15-16H,2-11H2,1H3. The van der Waals surface area contributed by atoms with E-state index in [1.54, 1.807) is 0 Å². The maximum absolute atomic E-state index is 9.67. The van der Waals surface area contributed by atoms with Crippen molar-refractivity contribution < 1.29 is 5.11 Å². The summed E-state index contributed by atoms with van der Waals surface area (Å²) in [5, 5.41) is 13.4. The molecule has 2 saturated carbocycles. The normalized spacial score (nSPS) is 36.8. The van der Waals surface area contributed by atoms with Gasteiger partial charge in [0.05, 0.1) is 6.61 Å². The van der Waals surface area contributed by atoms with E-state index in [0.717, 1.165) is 24.8 Å². The Morgan fingerprint density at radius 1 is 1.19 bits per heavy atom. The van der Waals surface area contributed by atoms with Crippen LogP contribution in [0.25, 0.3) is 0 Å². The minimum atomic E-state index is 0.0558. The van der Waals surface area contributed by atoms with Crippen LogP contribution in [0.1, 0.15) is 58.3 Å². The van der Waals surface area contributed by atoms with Gasteiger partial charge >= 0.3 is 0 Å². The highest BCUT2D eigenvalue weighted by Crippen LogP contribution is 2.33. The summed E-state index contributed by atoms with van der Waals surface area (Å²) in [6.45, 7) is 3.78. The molecule has 2 fully saturated rings. The van der Waals surface area contributed by atoms with Gasteiger partial charge in [0.25, 0.3) is 0 Å². The van der Waals surface area contributed by atoms with Crippen LogP contribution in [-0.2, 0) is 0 Å². The molecule has 0 aromatic carbocycles. The Balaban J connectivity index is 1.83. The second-order valence-corrected chi connectivity index (χ2v) is 6.17. The summed E-state index contributed by atoms with van der Waals surface area (Å²) in [7, 11) is 0. The van der Waals surface area contributed by atoms with Crippen molar-refractivity contribution in [2.45, 2.75) is 63.8 Å². The quantitative estimate of drug-likeness (QED) is 0.771. The Labute approximate surface area is 99.8 Å². The highest BCUT2D eigenvalue weighted by Gasteiger charge is 2.34. The fourth-order valence-electron chi connectivity index (χ4n) is 3.60. The number of nitrogens with one attached hydrogen (secondary N) is 1. The third-order valence-electron chi connectivity index (χ3n) is 4.63. The summed E-state index contributed by atoms with van der Waals surface area (Å²) in [5.74, 6) is 1.65. The highest BCUT2D eigenvalue weighted by atomic mass is 16.3. The van der Waals surface area contributed by atoms with Gasteiger partial charge in [0.1, 0.15) is 0 Å². The molecule has 2 N–H and O–H groups in total. The Morgan fingerprint density at radius 3 is 2.56 bits per heavy atom. The molecule has 94 valence electrons. The summed E-state index contributed by atoms with van der Waals surface area (Å²) >= 11 is 0. The predicted octanol–water partition coefficient (Wildman–Crippen LogP) is 2.71. The fourth-order valence-corrected chi connectivity index (χ4v) is 3.60. The van der Waals surface area contributed by atoms with Gasteiger partial charge in [-0.1, -0.05) is 32.6 Å². The van der Waals surface area contributed by atoms with Gasteiger partial charge in [-0.2, -0.15) is 0 Å². The van der Waals surface area contributed by atoms with Crippen molar-refractivity contribution in [1.29, 1.82) is 0 Å². The number of rotatable bonds is 4. The molecule has 2 aliphatic rings. The van der Waals surface area contributed by atoms with Gasteiger partial charge in [0.15, 0.2) is 0 Å². The minimum absolute atomic E-state index is 0.0558. The van der Waals surface area contributed by atoms with E-state index in [9.17, 15) is 5.11 Å². The molecule has 0 bridgehead atoms. The maximum atomic E-state index is 9.67. The molecule has 2 atom stereocenters. The zero-order valence-electron chi connectivity index (χ0n) is 10.7. The third-order valence-corrected chi connectivity index (χ3v) is 4.63. The molecule has 0 spiro atoms. The van der Waals surface area contributed by atoms with Gasteiger partial charge in [0, 0.05) is 5.54 Å². The molecule has 2 heteroatoms. The molecular weight excluding hydrogens is 198 g/mol. The van der Waals surface area contributed by atoms with Crippen LogP contribution in [0.3, 0.4) is 0 Å². The summed E-state index contributed by atoms with van der Waals surface area (Å²) in [4.78, 5) is 0. The fraction of sp³-hybridized carbons (Fsp3) is 1.00. The Bertz CT molecular complexity index is 213. The van der Waals surface area contributed by atoms with Crippen LogP contribution in [0.5, 0.6) is 0 Å². The molecule has 2 unspecified atom stereocenters. The first-order valence-corrected chi connectivity index (χ1v) is 7.10. The average Bonchev–Trinajstić information content (AvgIpc) is 2.79. The lowest BCUT2D eigenvalue weighted by Gasteiger charge is -2.40.